The van der Waals surface area contributed by atoms with Gasteiger partial charge in [0.1, 0.15) is 6.33 Å². The van der Waals surface area contributed by atoms with E-state index in [1.165, 1.54) is 17.1 Å². The van der Waals surface area contributed by atoms with E-state index in [1.807, 2.05) is 13.0 Å². The molecule has 19 heavy (non-hydrogen) atoms. The number of nitrogens with zero attached hydrogens (tertiary/aromatic N) is 3. The normalized spacial score (nSPS) is 11.6. The Bertz CT molecular complexity index is 631. The molecule has 1 N–H and O–H groups in total. The van der Waals surface area contributed by atoms with Crippen LogP contribution < -0.4 is 5.32 Å². The van der Waals surface area contributed by atoms with E-state index in [4.69, 9.17) is 18.2 Å². The maximum absolute atomic E-state index is 12.1. The zero-order chi connectivity index (χ0) is 13.8. The molecule has 0 saturated carbocycles. The number of carbonyl (C=O) groups excluding carboxylic acids is 1. The van der Waals surface area contributed by atoms with E-state index >= 15 is 0 Å². The van der Waals surface area contributed by atoms with Crippen molar-refractivity contribution in [3.05, 3.63) is 58.9 Å². The van der Waals surface area contributed by atoms with Crippen LogP contribution >= 0.6 is 11.6 Å². The predicted molar refractivity (Wildman–Crippen MR) is 72.7 cm³/mol. The van der Waals surface area contributed by atoms with Gasteiger partial charge >= 0.3 is 12.1 Å². The average molecular weight is 275 g/mol. The second kappa shape index (κ2) is 5.55. The lowest BCUT2D eigenvalue weighted by Crippen LogP contribution is -2.23. The average Bonchev–Trinajstić information content (AvgIpc) is 2.88. The van der Waals surface area contributed by atoms with Crippen molar-refractivity contribution in [1.82, 2.24) is 9.55 Å². The van der Waals surface area contributed by atoms with Gasteiger partial charge in [0.05, 0.1) is 10.7 Å². The highest BCUT2D eigenvalue weighted by Crippen LogP contribution is 2.24. The van der Waals surface area contributed by atoms with Gasteiger partial charge in [-0.25, -0.2) is 11.6 Å². The maximum atomic E-state index is 12.1. The number of imidazole rings is 1. The molecule has 1 atom stereocenters. The van der Waals surface area contributed by atoms with Gasteiger partial charge in [-0.2, -0.15) is 0 Å². The van der Waals surface area contributed by atoms with Crippen LogP contribution in [-0.2, 0) is 4.79 Å². The van der Waals surface area contributed by atoms with Crippen LogP contribution in [0.25, 0.3) is 4.85 Å². The van der Waals surface area contributed by atoms with Crippen LogP contribution in [0.1, 0.15) is 11.7 Å². The molecule has 2 aromatic rings. The first-order chi connectivity index (χ1) is 9.11. The van der Waals surface area contributed by atoms with Crippen molar-refractivity contribution in [2.45, 2.75) is 13.1 Å². The highest BCUT2D eigenvalue weighted by atomic mass is 35.5. The van der Waals surface area contributed by atoms with Crippen molar-refractivity contribution in [2.75, 3.05) is 5.32 Å². The van der Waals surface area contributed by atoms with E-state index in [1.54, 1.807) is 18.3 Å². The van der Waals surface area contributed by atoms with E-state index in [0.29, 0.717) is 10.7 Å². The second-order valence-electron chi connectivity index (χ2n) is 3.99. The molecular weight excluding hydrogens is 264 g/mol. The van der Waals surface area contributed by atoms with E-state index in [9.17, 15) is 4.79 Å². The summed E-state index contributed by atoms with van der Waals surface area (Å²) in [6.45, 7) is 9.01. The Morgan fingerprint density at radius 1 is 1.58 bits per heavy atom. The van der Waals surface area contributed by atoms with Gasteiger partial charge in [-0.3, -0.25) is 14.2 Å². The Labute approximate surface area is 115 Å². The van der Waals surface area contributed by atoms with Gasteiger partial charge in [0.2, 0.25) is 0 Å². The SMILES string of the molecule is [C-]#[N+]C(C(=O)Nc1cc(C)ccc1Cl)n1ccnc1. The highest BCUT2D eigenvalue weighted by molar-refractivity contribution is 6.33. The zero-order valence-electron chi connectivity index (χ0n) is 10.2. The first-order valence-electron chi connectivity index (χ1n) is 5.53. The Morgan fingerprint density at radius 2 is 2.37 bits per heavy atom. The molecule has 1 amide bonds. The van der Waals surface area contributed by atoms with Gasteiger partial charge in [-0.1, -0.05) is 17.7 Å². The number of benzene rings is 1. The summed E-state index contributed by atoms with van der Waals surface area (Å²) >= 11 is 6.00. The summed E-state index contributed by atoms with van der Waals surface area (Å²) < 4.78 is 1.44. The van der Waals surface area contributed by atoms with Crippen molar-refractivity contribution >= 4 is 23.2 Å². The molecule has 0 spiro atoms. The number of hydrogen-bond acceptors (Lipinski definition) is 2. The molecule has 0 bridgehead atoms. The number of halogens is 1. The number of rotatable bonds is 3. The van der Waals surface area contributed by atoms with Gasteiger partial charge in [-0.15, -0.1) is 0 Å². The summed E-state index contributed by atoms with van der Waals surface area (Å²) in [5.41, 5.74) is 1.47. The largest absolute Gasteiger partial charge is 0.381 e. The maximum Gasteiger partial charge on any atom is 0.381 e. The van der Waals surface area contributed by atoms with Crippen molar-refractivity contribution < 1.29 is 4.79 Å². The minimum atomic E-state index is -0.987. The van der Waals surface area contributed by atoms with Crippen molar-refractivity contribution in [3.8, 4) is 0 Å². The number of aryl methyl sites for hydroxylation is 1. The van der Waals surface area contributed by atoms with Crippen LogP contribution in [0.4, 0.5) is 5.69 Å². The fourth-order valence-corrected chi connectivity index (χ4v) is 1.77. The molecule has 6 heteroatoms. The number of nitrogens with one attached hydrogen (secondary N) is 1. The Balaban J connectivity index is 2.21. The molecule has 1 heterocycles. The lowest BCUT2D eigenvalue weighted by atomic mass is 10.2. The molecule has 0 aliphatic rings. The molecule has 0 aliphatic carbocycles. The lowest BCUT2D eigenvalue weighted by Gasteiger charge is -2.10. The number of aromatic nitrogens is 2. The van der Waals surface area contributed by atoms with Crippen LogP contribution in [0.3, 0.4) is 0 Å². The molecule has 0 radical (unpaired) electrons. The van der Waals surface area contributed by atoms with E-state index in [-0.39, 0.29) is 0 Å². The smallest absolute Gasteiger partial charge is 0.316 e. The van der Waals surface area contributed by atoms with Crippen molar-refractivity contribution in [2.24, 2.45) is 0 Å². The minimum absolute atomic E-state index is 0.438. The number of hydrogen-bond donors (Lipinski definition) is 1. The van der Waals surface area contributed by atoms with Crippen LogP contribution in [-0.4, -0.2) is 15.5 Å². The lowest BCUT2D eigenvalue weighted by molar-refractivity contribution is -0.118. The van der Waals surface area contributed by atoms with Gasteiger partial charge in [0, 0.05) is 12.4 Å². The molecular formula is C13H11ClN4O. The summed E-state index contributed by atoms with van der Waals surface area (Å²) in [6, 6.07) is 5.31. The summed E-state index contributed by atoms with van der Waals surface area (Å²) in [6.07, 6.45) is 3.53. The second-order valence-corrected chi connectivity index (χ2v) is 4.39. The van der Waals surface area contributed by atoms with Gasteiger partial charge in [-0.05, 0) is 24.6 Å². The van der Waals surface area contributed by atoms with E-state index < -0.39 is 12.1 Å². The quantitative estimate of drug-likeness (QED) is 0.875. The van der Waals surface area contributed by atoms with Crippen LogP contribution in [0.5, 0.6) is 0 Å². The molecule has 1 aromatic heterocycles. The van der Waals surface area contributed by atoms with Crippen molar-refractivity contribution in [3.63, 3.8) is 0 Å². The van der Waals surface area contributed by atoms with Crippen LogP contribution in [0.15, 0.2) is 36.9 Å². The molecule has 0 saturated heterocycles. The summed E-state index contributed by atoms with van der Waals surface area (Å²) in [5, 5.41) is 3.10. The first kappa shape index (κ1) is 13.1. The van der Waals surface area contributed by atoms with Crippen molar-refractivity contribution in [1.29, 1.82) is 0 Å². The molecule has 2 rings (SSSR count). The third-order valence-corrected chi connectivity index (χ3v) is 2.87. The van der Waals surface area contributed by atoms with Crippen LogP contribution in [0.2, 0.25) is 5.02 Å². The number of amides is 1. The van der Waals surface area contributed by atoms with Gasteiger partial charge in [0.25, 0.3) is 0 Å². The monoisotopic (exact) mass is 274 g/mol. The molecule has 0 fully saturated rings. The summed E-state index contributed by atoms with van der Waals surface area (Å²) in [5.74, 6) is -0.444. The fraction of sp³-hybridized carbons (Fsp3) is 0.154. The Morgan fingerprint density at radius 3 is 3.00 bits per heavy atom. The Hall–Kier alpha value is -2.32. The fourth-order valence-electron chi connectivity index (χ4n) is 1.61. The summed E-state index contributed by atoms with van der Waals surface area (Å²) in [4.78, 5) is 19.2. The van der Waals surface area contributed by atoms with Crippen LogP contribution in [0, 0.1) is 13.5 Å². The zero-order valence-corrected chi connectivity index (χ0v) is 10.9. The van der Waals surface area contributed by atoms with Gasteiger partial charge in [0.15, 0.2) is 0 Å². The third-order valence-electron chi connectivity index (χ3n) is 2.54. The highest BCUT2D eigenvalue weighted by Gasteiger charge is 2.25. The predicted octanol–water partition coefficient (Wildman–Crippen LogP) is 2.90. The number of anilines is 1. The van der Waals surface area contributed by atoms with E-state index in [0.717, 1.165) is 5.56 Å². The summed E-state index contributed by atoms with van der Waals surface area (Å²) in [7, 11) is 0. The standard InChI is InChI=1S/C13H11ClN4O/c1-9-3-4-10(14)11(7-9)17-13(19)12(15-2)18-6-5-16-8-18/h3-8,12H,1H3,(H,17,19). The minimum Gasteiger partial charge on any atom is -0.316 e. The van der Waals surface area contributed by atoms with E-state index in [2.05, 4.69) is 15.1 Å². The molecule has 0 aliphatic heterocycles. The Kier molecular flexibility index (Phi) is 3.83. The molecule has 96 valence electrons. The number of carbonyl (C=O) groups is 1. The molecule has 5 nitrogen and oxygen atoms in total. The first-order valence-corrected chi connectivity index (χ1v) is 5.90. The topological polar surface area (TPSA) is 51.3 Å². The molecule has 1 unspecified atom stereocenters. The molecule has 1 aromatic carbocycles. The van der Waals surface area contributed by atoms with Gasteiger partial charge < -0.3 is 5.32 Å². The third kappa shape index (κ3) is 2.92.